The molecule has 0 radical (unpaired) electrons. The van der Waals surface area contributed by atoms with Crippen LogP contribution in [0.5, 0.6) is 0 Å². The van der Waals surface area contributed by atoms with E-state index in [1.54, 1.807) is 0 Å². The maximum Gasteiger partial charge on any atom is 0.0403 e. The Bertz CT molecular complexity index is 870. The van der Waals surface area contributed by atoms with E-state index in [2.05, 4.69) is 94.1 Å². The third-order valence-electron chi connectivity index (χ3n) is 4.97. The summed E-state index contributed by atoms with van der Waals surface area (Å²) in [4.78, 5) is 0. The molecule has 2 heteroatoms. The minimum Gasteiger partial charge on any atom is -0.390 e. The van der Waals surface area contributed by atoms with Gasteiger partial charge in [0.15, 0.2) is 0 Å². The average Bonchev–Trinajstić information content (AvgIpc) is 2.65. The van der Waals surface area contributed by atoms with Gasteiger partial charge in [-0.3, -0.25) is 0 Å². The fraction of sp³-hybridized carbons (Fsp3) is 0.308. The van der Waals surface area contributed by atoms with Crippen molar-refractivity contribution in [1.29, 1.82) is 0 Å². The van der Waals surface area contributed by atoms with Crippen molar-refractivity contribution in [1.82, 2.24) is 5.32 Å². The summed E-state index contributed by atoms with van der Waals surface area (Å²) in [7, 11) is 0. The van der Waals surface area contributed by atoms with Crippen molar-refractivity contribution in [3.05, 3.63) is 94.7 Å². The Kier molecular flexibility index (Phi) is 7.69. The van der Waals surface area contributed by atoms with Crippen molar-refractivity contribution in [2.75, 3.05) is 11.9 Å². The van der Waals surface area contributed by atoms with Crippen molar-refractivity contribution >= 4 is 11.3 Å². The van der Waals surface area contributed by atoms with Gasteiger partial charge in [0, 0.05) is 25.0 Å². The number of benzene rings is 2. The molecule has 148 valence electrons. The number of rotatable bonds is 9. The molecule has 2 nitrogen and oxygen atoms in total. The molecule has 0 heterocycles. The Morgan fingerprint density at radius 3 is 2.29 bits per heavy atom. The molecule has 0 spiro atoms. The van der Waals surface area contributed by atoms with Gasteiger partial charge in [0.2, 0.25) is 0 Å². The summed E-state index contributed by atoms with van der Waals surface area (Å²) in [5, 5.41) is 6.90. The summed E-state index contributed by atoms with van der Waals surface area (Å²) in [6, 6.07) is 13.0. The largest absolute Gasteiger partial charge is 0.390 e. The monoisotopic (exact) mass is 374 g/mol. The zero-order valence-electron chi connectivity index (χ0n) is 18.1. The molecular formula is C26H34N2. The van der Waals surface area contributed by atoms with Gasteiger partial charge in [0.05, 0.1) is 0 Å². The van der Waals surface area contributed by atoms with Gasteiger partial charge in [-0.25, -0.2) is 0 Å². The third-order valence-corrected chi connectivity index (χ3v) is 4.97. The zero-order valence-corrected chi connectivity index (χ0v) is 18.1. The lowest BCUT2D eigenvalue weighted by atomic mass is 9.90. The Balaban J connectivity index is 2.27. The van der Waals surface area contributed by atoms with E-state index >= 15 is 0 Å². The van der Waals surface area contributed by atoms with Crippen LogP contribution in [0.1, 0.15) is 48.1 Å². The van der Waals surface area contributed by atoms with E-state index in [9.17, 15) is 0 Å². The molecule has 0 aliphatic rings. The van der Waals surface area contributed by atoms with Crippen molar-refractivity contribution in [2.24, 2.45) is 0 Å². The Hall–Kier alpha value is -2.74. The van der Waals surface area contributed by atoms with Crippen molar-refractivity contribution in [3.63, 3.8) is 0 Å². The summed E-state index contributed by atoms with van der Waals surface area (Å²) in [6.45, 7) is 20.9. The van der Waals surface area contributed by atoms with Crippen LogP contribution in [0.3, 0.4) is 0 Å². The molecule has 0 aromatic heterocycles. The minimum atomic E-state index is 0.787. The molecule has 2 aromatic rings. The highest BCUT2D eigenvalue weighted by Gasteiger charge is 2.12. The zero-order chi connectivity index (χ0) is 20.7. The van der Waals surface area contributed by atoms with E-state index in [4.69, 9.17) is 0 Å². The standard InChI is InChI=1S/C26H34N2/c1-8-13-27-17-26(18(2)3)22(7)25-15-23(20(5)14-21(25)6)16-28-24-11-9-19(4)10-12-24/h9-12,14-15,17,27-28H,2,7-8,13,16H2,1,3-6H3/b26-17-. The highest BCUT2D eigenvalue weighted by Crippen LogP contribution is 2.30. The van der Waals surface area contributed by atoms with E-state index < -0.39 is 0 Å². The van der Waals surface area contributed by atoms with Gasteiger partial charge in [0.1, 0.15) is 0 Å². The lowest BCUT2D eigenvalue weighted by molar-refractivity contribution is 0.806. The smallest absolute Gasteiger partial charge is 0.0403 e. The highest BCUT2D eigenvalue weighted by atomic mass is 14.9. The van der Waals surface area contributed by atoms with Gasteiger partial charge in [-0.05, 0) is 91.3 Å². The summed E-state index contributed by atoms with van der Waals surface area (Å²) < 4.78 is 0. The first-order valence-corrected chi connectivity index (χ1v) is 10.0. The summed E-state index contributed by atoms with van der Waals surface area (Å²) >= 11 is 0. The lowest BCUT2D eigenvalue weighted by Gasteiger charge is -2.18. The molecule has 0 atom stereocenters. The Labute approximate surface area is 171 Å². The van der Waals surface area contributed by atoms with E-state index in [0.29, 0.717) is 0 Å². The first-order chi connectivity index (χ1) is 13.3. The molecule has 0 unspecified atom stereocenters. The topological polar surface area (TPSA) is 24.1 Å². The summed E-state index contributed by atoms with van der Waals surface area (Å²) in [5.41, 5.74) is 10.5. The van der Waals surface area contributed by atoms with Crippen LogP contribution in [-0.2, 0) is 6.54 Å². The molecule has 0 saturated heterocycles. The van der Waals surface area contributed by atoms with Gasteiger partial charge in [-0.1, -0.05) is 43.8 Å². The Morgan fingerprint density at radius 2 is 1.68 bits per heavy atom. The molecule has 2 N–H and O–H groups in total. The van der Waals surface area contributed by atoms with Gasteiger partial charge >= 0.3 is 0 Å². The number of nitrogens with one attached hydrogen (secondary N) is 2. The van der Waals surface area contributed by atoms with E-state index in [0.717, 1.165) is 41.9 Å². The Morgan fingerprint density at radius 1 is 1.00 bits per heavy atom. The summed E-state index contributed by atoms with van der Waals surface area (Å²) in [5.74, 6) is 0. The third kappa shape index (κ3) is 5.63. The van der Waals surface area contributed by atoms with Crippen LogP contribution in [0.25, 0.3) is 5.57 Å². The van der Waals surface area contributed by atoms with E-state index in [1.807, 2.05) is 6.92 Å². The van der Waals surface area contributed by atoms with Gasteiger partial charge < -0.3 is 10.6 Å². The number of anilines is 1. The summed E-state index contributed by atoms with van der Waals surface area (Å²) in [6.07, 6.45) is 3.14. The maximum absolute atomic E-state index is 4.40. The van der Waals surface area contributed by atoms with Gasteiger partial charge in [-0.15, -0.1) is 0 Å². The van der Waals surface area contributed by atoms with E-state index in [-0.39, 0.29) is 0 Å². The fourth-order valence-electron chi connectivity index (χ4n) is 3.21. The number of hydrogen-bond acceptors (Lipinski definition) is 2. The van der Waals surface area contributed by atoms with Crippen LogP contribution in [0.2, 0.25) is 0 Å². The first kappa shape index (κ1) is 21.6. The van der Waals surface area contributed by atoms with Crippen LogP contribution in [0.15, 0.2) is 66.9 Å². The molecule has 0 saturated carbocycles. The molecule has 0 fully saturated rings. The maximum atomic E-state index is 4.40. The lowest BCUT2D eigenvalue weighted by Crippen LogP contribution is -2.08. The molecule has 0 aliphatic heterocycles. The second-order valence-electron chi connectivity index (χ2n) is 7.58. The number of hydrogen-bond donors (Lipinski definition) is 2. The molecule has 0 aliphatic carbocycles. The van der Waals surface area contributed by atoms with Crippen molar-refractivity contribution in [2.45, 2.75) is 47.6 Å². The first-order valence-electron chi connectivity index (χ1n) is 10.0. The predicted molar refractivity (Wildman–Crippen MR) is 125 cm³/mol. The molecule has 2 aromatic carbocycles. The van der Waals surface area contributed by atoms with Crippen LogP contribution >= 0.6 is 0 Å². The normalized spacial score (nSPS) is 11.2. The molecular weight excluding hydrogens is 340 g/mol. The molecule has 28 heavy (non-hydrogen) atoms. The minimum absolute atomic E-state index is 0.787. The van der Waals surface area contributed by atoms with E-state index in [1.165, 1.54) is 27.8 Å². The molecule has 0 amide bonds. The van der Waals surface area contributed by atoms with Crippen LogP contribution in [0.4, 0.5) is 5.69 Å². The molecule has 0 bridgehead atoms. The quantitative estimate of drug-likeness (QED) is 0.377. The predicted octanol–water partition coefficient (Wildman–Crippen LogP) is 6.70. The SMILES string of the molecule is C=C(C)/C(=C/NCCC)C(=C)c1cc(CNc2ccc(C)cc2)c(C)cc1C. The van der Waals surface area contributed by atoms with Crippen LogP contribution in [-0.4, -0.2) is 6.54 Å². The number of allylic oxidation sites excluding steroid dienone is 3. The average molecular weight is 375 g/mol. The van der Waals surface area contributed by atoms with Crippen LogP contribution in [0, 0.1) is 20.8 Å². The van der Waals surface area contributed by atoms with Crippen molar-refractivity contribution < 1.29 is 0 Å². The van der Waals surface area contributed by atoms with Crippen molar-refractivity contribution in [3.8, 4) is 0 Å². The molecule has 2 rings (SSSR count). The van der Waals surface area contributed by atoms with Gasteiger partial charge in [-0.2, -0.15) is 0 Å². The second-order valence-corrected chi connectivity index (χ2v) is 7.58. The van der Waals surface area contributed by atoms with Crippen LogP contribution < -0.4 is 10.6 Å². The second kappa shape index (κ2) is 9.98. The fourth-order valence-corrected chi connectivity index (χ4v) is 3.21. The highest BCUT2D eigenvalue weighted by molar-refractivity contribution is 5.83. The van der Waals surface area contributed by atoms with Gasteiger partial charge in [0.25, 0.3) is 0 Å². The number of aryl methyl sites for hydroxylation is 3.